The largest absolute Gasteiger partial charge is 0.494 e. The van der Waals surface area contributed by atoms with Gasteiger partial charge in [0.05, 0.1) is 13.2 Å². The number of amides is 2. The van der Waals surface area contributed by atoms with Crippen molar-refractivity contribution in [2.45, 2.75) is 76.3 Å². The van der Waals surface area contributed by atoms with Gasteiger partial charge in [0.1, 0.15) is 17.8 Å². The molecule has 2 bridgehead atoms. The number of aliphatic carboxylic acids is 1. The first-order valence-corrected chi connectivity index (χ1v) is 11.7. The van der Waals surface area contributed by atoms with Crippen molar-refractivity contribution in [3.05, 3.63) is 29.8 Å². The molecule has 8 heteroatoms. The fourth-order valence-electron chi connectivity index (χ4n) is 4.41. The number of carbonyl (C=O) groups excluding carboxylic acids is 2. The molecule has 2 aliphatic rings. The van der Waals surface area contributed by atoms with Gasteiger partial charge in [0, 0.05) is 6.42 Å². The third-order valence-corrected chi connectivity index (χ3v) is 6.17. The molecule has 2 amide bonds. The molecule has 0 saturated heterocycles. The summed E-state index contributed by atoms with van der Waals surface area (Å²) in [5.74, 6) is -0.943. The van der Waals surface area contributed by atoms with E-state index in [1.807, 2.05) is 24.3 Å². The molecule has 0 aromatic heterocycles. The van der Waals surface area contributed by atoms with Crippen LogP contribution in [0.1, 0.15) is 63.4 Å². The molecule has 176 valence electrons. The lowest BCUT2D eigenvalue weighted by atomic mass is 9.83. The van der Waals surface area contributed by atoms with Crippen LogP contribution in [0.2, 0.25) is 0 Å². The third kappa shape index (κ3) is 7.43. The summed E-state index contributed by atoms with van der Waals surface area (Å²) in [7, 11) is 0. The first kappa shape index (κ1) is 23.9. The summed E-state index contributed by atoms with van der Waals surface area (Å²) in [6.07, 6.45) is 7.71. The topological polar surface area (TPSA) is 114 Å². The summed E-state index contributed by atoms with van der Waals surface area (Å²) in [5.41, 5.74) is 0.762. The Morgan fingerprint density at radius 1 is 0.906 bits per heavy atom. The predicted octanol–water partition coefficient (Wildman–Crippen LogP) is 3.43. The minimum absolute atomic E-state index is 0.0342. The van der Waals surface area contributed by atoms with Crippen molar-refractivity contribution in [2.75, 3.05) is 13.2 Å². The SMILES string of the molecule is O=C1NC(C2CCCCC2)C(=O)NC(C(=O)O)Cc2cccc(c2)OCCCCCCO1. The maximum atomic E-state index is 13.1. The number of cyclic esters (lactones) is 1. The molecule has 1 aromatic carbocycles. The number of carboxylic acid groups (broad SMARTS) is 1. The van der Waals surface area contributed by atoms with E-state index in [9.17, 15) is 19.5 Å². The molecule has 3 N–H and O–H groups in total. The van der Waals surface area contributed by atoms with Gasteiger partial charge in [-0.3, -0.25) is 4.79 Å². The Kier molecular flexibility index (Phi) is 9.19. The highest BCUT2D eigenvalue weighted by atomic mass is 16.5. The van der Waals surface area contributed by atoms with Gasteiger partial charge in [0.2, 0.25) is 5.91 Å². The minimum Gasteiger partial charge on any atom is -0.494 e. The Labute approximate surface area is 189 Å². The summed E-state index contributed by atoms with van der Waals surface area (Å²) in [4.78, 5) is 37.4. The van der Waals surface area contributed by atoms with E-state index in [1.165, 1.54) is 0 Å². The highest BCUT2D eigenvalue weighted by Crippen LogP contribution is 2.27. The predicted molar refractivity (Wildman–Crippen MR) is 119 cm³/mol. The molecule has 1 aromatic rings. The van der Waals surface area contributed by atoms with Crippen LogP contribution in [0.5, 0.6) is 5.75 Å². The first-order chi connectivity index (χ1) is 15.5. The second-order valence-corrected chi connectivity index (χ2v) is 8.67. The number of carbonyl (C=O) groups is 3. The summed E-state index contributed by atoms with van der Waals surface area (Å²) < 4.78 is 11.1. The van der Waals surface area contributed by atoms with E-state index in [4.69, 9.17) is 9.47 Å². The normalized spacial score (nSPS) is 24.6. The summed E-state index contributed by atoms with van der Waals surface area (Å²) in [6, 6.07) is 5.39. The number of carboxylic acids is 1. The molecular weight excluding hydrogens is 412 g/mol. The number of rotatable bonds is 2. The van der Waals surface area contributed by atoms with Crippen molar-refractivity contribution in [1.82, 2.24) is 10.6 Å². The molecule has 1 saturated carbocycles. The molecule has 1 aliphatic carbocycles. The van der Waals surface area contributed by atoms with Crippen molar-refractivity contribution in [2.24, 2.45) is 5.92 Å². The molecule has 32 heavy (non-hydrogen) atoms. The van der Waals surface area contributed by atoms with Gasteiger partial charge in [-0.2, -0.15) is 0 Å². The number of hydrogen-bond donors (Lipinski definition) is 3. The molecule has 1 aliphatic heterocycles. The van der Waals surface area contributed by atoms with E-state index < -0.39 is 30.1 Å². The van der Waals surface area contributed by atoms with Gasteiger partial charge < -0.3 is 25.2 Å². The van der Waals surface area contributed by atoms with E-state index >= 15 is 0 Å². The summed E-state index contributed by atoms with van der Waals surface area (Å²) in [6.45, 7) is 0.846. The monoisotopic (exact) mass is 446 g/mol. The Bertz CT molecular complexity index is 778. The number of fused-ring (bicyclic) bond motifs is 2. The number of nitrogens with one attached hydrogen (secondary N) is 2. The van der Waals surface area contributed by atoms with Crippen LogP contribution in [-0.2, 0) is 20.7 Å². The average molecular weight is 447 g/mol. The molecule has 8 nitrogen and oxygen atoms in total. The van der Waals surface area contributed by atoms with E-state index in [0.29, 0.717) is 12.4 Å². The van der Waals surface area contributed by atoms with Crippen LogP contribution in [0.4, 0.5) is 4.79 Å². The summed E-state index contributed by atoms with van der Waals surface area (Å²) in [5, 5.41) is 15.1. The lowest BCUT2D eigenvalue weighted by Crippen LogP contribution is -2.55. The smallest absolute Gasteiger partial charge is 0.407 e. The molecule has 2 unspecified atom stereocenters. The van der Waals surface area contributed by atoms with Crippen LogP contribution in [0, 0.1) is 5.92 Å². The lowest BCUT2D eigenvalue weighted by Gasteiger charge is -2.30. The van der Waals surface area contributed by atoms with Crippen molar-refractivity contribution in [3.8, 4) is 5.75 Å². The first-order valence-electron chi connectivity index (χ1n) is 11.7. The van der Waals surface area contributed by atoms with E-state index in [2.05, 4.69) is 10.6 Å². The van der Waals surface area contributed by atoms with E-state index in [0.717, 1.165) is 63.4 Å². The number of benzene rings is 1. The van der Waals surface area contributed by atoms with Crippen LogP contribution in [-0.4, -0.2) is 48.4 Å². The van der Waals surface area contributed by atoms with Gasteiger partial charge in [-0.15, -0.1) is 0 Å². The van der Waals surface area contributed by atoms with Crippen LogP contribution in [0.3, 0.4) is 0 Å². The van der Waals surface area contributed by atoms with Gasteiger partial charge in [-0.1, -0.05) is 31.4 Å². The van der Waals surface area contributed by atoms with Crippen LogP contribution in [0.25, 0.3) is 0 Å². The summed E-state index contributed by atoms with van der Waals surface area (Å²) >= 11 is 0. The number of alkyl carbamates (subject to hydrolysis) is 1. The van der Waals surface area contributed by atoms with Crippen LogP contribution in [0.15, 0.2) is 24.3 Å². The molecule has 0 radical (unpaired) electrons. The van der Waals surface area contributed by atoms with Crippen molar-refractivity contribution in [3.63, 3.8) is 0 Å². The molecule has 2 atom stereocenters. The Morgan fingerprint density at radius 3 is 2.31 bits per heavy atom. The number of hydrogen-bond acceptors (Lipinski definition) is 5. The highest BCUT2D eigenvalue weighted by molar-refractivity contribution is 5.89. The zero-order chi connectivity index (χ0) is 22.8. The third-order valence-electron chi connectivity index (χ3n) is 6.17. The minimum atomic E-state index is -1.12. The lowest BCUT2D eigenvalue weighted by molar-refractivity contribution is -0.142. The zero-order valence-electron chi connectivity index (χ0n) is 18.5. The average Bonchev–Trinajstić information content (AvgIpc) is 2.79. The molecule has 1 fully saturated rings. The zero-order valence-corrected chi connectivity index (χ0v) is 18.5. The molecule has 0 spiro atoms. The fraction of sp³-hybridized carbons (Fsp3) is 0.625. The van der Waals surface area contributed by atoms with Crippen LogP contribution >= 0.6 is 0 Å². The van der Waals surface area contributed by atoms with E-state index in [-0.39, 0.29) is 18.9 Å². The molecule has 1 heterocycles. The second-order valence-electron chi connectivity index (χ2n) is 8.67. The van der Waals surface area contributed by atoms with Gasteiger partial charge in [0.15, 0.2) is 0 Å². The van der Waals surface area contributed by atoms with E-state index in [1.54, 1.807) is 0 Å². The molecular formula is C24H34N2O6. The van der Waals surface area contributed by atoms with Gasteiger partial charge in [0.25, 0.3) is 0 Å². The Morgan fingerprint density at radius 2 is 1.59 bits per heavy atom. The van der Waals surface area contributed by atoms with Crippen molar-refractivity contribution >= 4 is 18.0 Å². The quantitative estimate of drug-likeness (QED) is 0.641. The maximum absolute atomic E-state index is 13.1. The highest BCUT2D eigenvalue weighted by Gasteiger charge is 2.33. The van der Waals surface area contributed by atoms with Gasteiger partial charge >= 0.3 is 12.1 Å². The molecule has 3 rings (SSSR count). The fourth-order valence-corrected chi connectivity index (χ4v) is 4.41. The van der Waals surface area contributed by atoms with Gasteiger partial charge in [-0.05, 0) is 62.1 Å². The standard InChI is InChI=1S/C24H34N2O6/c27-22-21(18-10-4-3-5-11-18)26-24(30)32-14-7-2-1-6-13-31-19-12-8-9-17(15-19)16-20(25-22)23(28)29/h8-9,12,15,18,20-21H,1-7,10-11,13-14,16H2,(H,25,27)(H,26,30)(H,28,29). The maximum Gasteiger partial charge on any atom is 0.407 e. The second kappa shape index (κ2) is 12.3. The number of ether oxygens (including phenoxy) is 2. The van der Waals surface area contributed by atoms with Crippen LogP contribution < -0.4 is 15.4 Å². The van der Waals surface area contributed by atoms with Crippen molar-refractivity contribution in [1.29, 1.82) is 0 Å². The van der Waals surface area contributed by atoms with Crippen molar-refractivity contribution < 1.29 is 29.0 Å². The Balaban J connectivity index is 1.78. The van der Waals surface area contributed by atoms with Gasteiger partial charge in [-0.25, -0.2) is 9.59 Å². The Hall–Kier alpha value is -2.77.